The third-order valence-electron chi connectivity index (χ3n) is 3.32. The summed E-state index contributed by atoms with van der Waals surface area (Å²) in [4.78, 5) is 12.2. The molecule has 0 aromatic carbocycles. The van der Waals surface area contributed by atoms with Gasteiger partial charge in [-0.2, -0.15) is 0 Å². The van der Waals surface area contributed by atoms with Crippen LogP contribution in [0.25, 0.3) is 0 Å². The molecule has 1 aliphatic rings. The first-order chi connectivity index (χ1) is 8.53. The quantitative estimate of drug-likeness (QED) is 0.757. The summed E-state index contributed by atoms with van der Waals surface area (Å²) in [6, 6.07) is -0.215. The molecule has 0 radical (unpaired) electrons. The van der Waals surface area contributed by atoms with Gasteiger partial charge in [-0.15, -0.1) is 10.2 Å². The van der Waals surface area contributed by atoms with Crippen molar-refractivity contribution in [3.05, 3.63) is 12.2 Å². The van der Waals surface area contributed by atoms with Gasteiger partial charge in [0.05, 0.1) is 11.6 Å². The minimum Gasteiger partial charge on any atom is -0.381 e. The largest absolute Gasteiger partial charge is 0.381 e. The Morgan fingerprint density at radius 2 is 2.28 bits per heavy atom. The highest BCUT2D eigenvalue weighted by Gasteiger charge is 2.36. The van der Waals surface area contributed by atoms with E-state index in [1.54, 1.807) is 10.9 Å². The lowest BCUT2D eigenvalue weighted by atomic mass is 9.90. The number of carbonyl (C=O) groups excluding carboxylic acids is 1. The fraction of sp³-hybridized carbons (Fsp3) is 0.727. The van der Waals surface area contributed by atoms with E-state index in [-0.39, 0.29) is 11.9 Å². The highest BCUT2D eigenvalue weighted by atomic mass is 16.5. The predicted molar refractivity (Wildman–Crippen MR) is 64.5 cm³/mol. The van der Waals surface area contributed by atoms with Gasteiger partial charge in [-0.1, -0.05) is 0 Å². The van der Waals surface area contributed by atoms with Crippen molar-refractivity contribution in [2.45, 2.75) is 31.3 Å². The molecule has 18 heavy (non-hydrogen) atoms. The first-order valence-corrected chi connectivity index (χ1v) is 6.04. The molecule has 7 nitrogen and oxygen atoms in total. The van der Waals surface area contributed by atoms with Crippen LogP contribution in [0.2, 0.25) is 0 Å². The molecule has 1 aliphatic heterocycles. The van der Waals surface area contributed by atoms with Crippen molar-refractivity contribution in [1.29, 1.82) is 0 Å². The number of hydrogen-bond donors (Lipinski definition) is 2. The zero-order valence-corrected chi connectivity index (χ0v) is 10.7. The van der Waals surface area contributed by atoms with Gasteiger partial charge in [0.1, 0.15) is 6.33 Å². The lowest BCUT2D eigenvalue weighted by Crippen LogP contribution is -2.57. The number of aromatic nitrogens is 3. The Morgan fingerprint density at radius 1 is 1.61 bits per heavy atom. The van der Waals surface area contributed by atoms with E-state index in [1.165, 1.54) is 0 Å². The van der Waals surface area contributed by atoms with E-state index in [2.05, 4.69) is 15.5 Å². The van der Waals surface area contributed by atoms with E-state index in [0.29, 0.717) is 31.9 Å². The molecule has 1 unspecified atom stereocenters. The monoisotopic (exact) mass is 253 g/mol. The van der Waals surface area contributed by atoms with Crippen LogP contribution in [0.4, 0.5) is 0 Å². The molecule has 0 spiro atoms. The van der Waals surface area contributed by atoms with Crippen LogP contribution in [-0.2, 0) is 16.6 Å². The number of nitrogens with zero attached hydrogens (tertiary/aromatic N) is 3. The maximum absolute atomic E-state index is 12.2. The first-order valence-electron chi connectivity index (χ1n) is 6.04. The molecule has 0 bridgehead atoms. The molecule has 100 valence electrons. The summed E-state index contributed by atoms with van der Waals surface area (Å²) >= 11 is 0. The Morgan fingerprint density at radius 3 is 2.83 bits per heavy atom. The molecular weight excluding hydrogens is 234 g/mol. The SMILES string of the molecule is CC(NC(=O)C1(N)CCOCC1)c1nncn1C. The van der Waals surface area contributed by atoms with Crippen molar-refractivity contribution in [3.8, 4) is 0 Å². The van der Waals surface area contributed by atoms with Crippen LogP contribution in [0.5, 0.6) is 0 Å². The summed E-state index contributed by atoms with van der Waals surface area (Å²) in [5.74, 6) is 0.556. The molecular formula is C11H19N5O2. The van der Waals surface area contributed by atoms with Gasteiger partial charge in [-0.3, -0.25) is 4.79 Å². The van der Waals surface area contributed by atoms with Crippen molar-refractivity contribution in [2.75, 3.05) is 13.2 Å². The van der Waals surface area contributed by atoms with Gasteiger partial charge in [-0.05, 0) is 19.8 Å². The van der Waals surface area contributed by atoms with Gasteiger partial charge in [-0.25, -0.2) is 0 Å². The summed E-state index contributed by atoms with van der Waals surface area (Å²) in [6.07, 6.45) is 2.69. The number of carbonyl (C=O) groups is 1. The van der Waals surface area contributed by atoms with Crippen LogP contribution in [0.1, 0.15) is 31.6 Å². The number of ether oxygens (including phenoxy) is 1. The second kappa shape index (κ2) is 5.03. The number of rotatable bonds is 3. The smallest absolute Gasteiger partial charge is 0.240 e. The molecule has 0 saturated carbocycles. The Bertz CT molecular complexity index is 425. The summed E-state index contributed by atoms with van der Waals surface area (Å²) < 4.78 is 7.00. The lowest BCUT2D eigenvalue weighted by molar-refractivity contribution is -0.130. The zero-order valence-electron chi connectivity index (χ0n) is 10.7. The van der Waals surface area contributed by atoms with E-state index >= 15 is 0 Å². The number of nitrogens with two attached hydrogens (primary N) is 1. The third kappa shape index (κ3) is 2.51. The second-order valence-corrected chi connectivity index (χ2v) is 4.76. The summed E-state index contributed by atoms with van der Waals surface area (Å²) in [5.41, 5.74) is 5.28. The molecule has 1 saturated heterocycles. The molecule has 1 aromatic heterocycles. The first kappa shape index (κ1) is 13.0. The summed E-state index contributed by atoms with van der Waals surface area (Å²) in [7, 11) is 1.84. The van der Waals surface area contributed by atoms with Crippen LogP contribution >= 0.6 is 0 Å². The molecule has 7 heteroatoms. The minimum absolute atomic E-state index is 0.152. The maximum atomic E-state index is 12.2. The summed E-state index contributed by atoms with van der Waals surface area (Å²) in [6.45, 7) is 2.93. The average Bonchev–Trinajstić information content (AvgIpc) is 2.76. The van der Waals surface area contributed by atoms with Gasteiger partial charge in [0.15, 0.2) is 5.82 Å². The zero-order chi connectivity index (χ0) is 13.2. The minimum atomic E-state index is -0.828. The standard InChI is InChI=1S/C11H19N5O2/c1-8(9-15-13-7-16(9)2)14-10(17)11(12)3-5-18-6-4-11/h7-8H,3-6,12H2,1-2H3,(H,14,17). The lowest BCUT2D eigenvalue weighted by Gasteiger charge is -2.32. The van der Waals surface area contributed by atoms with Crippen LogP contribution in [0, 0.1) is 0 Å². The number of nitrogens with one attached hydrogen (secondary N) is 1. The topological polar surface area (TPSA) is 95.1 Å². The van der Waals surface area contributed by atoms with Gasteiger partial charge in [0, 0.05) is 20.3 Å². The molecule has 1 fully saturated rings. The molecule has 2 heterocycles. The van der Waals surface area contributed by atoms with E-state index in [0.717, 1.165) is 0 Å². The molecule has 1 atom stereocenters. The predicted octanol–water partition coefficient (Wildman–Crippen LogP) is -0.500. The van der Waals surface area contributed by atoms with Crippen molar-refractivity contribution >= 4 is 5.91 Å². The average molecular weight is 253 g/mol. The Hall–Kier alpha value is -1.47. The Labute approximate surface area is 106 Å². The Balaban J connectivity index is 2.01. The van der Waals surface area contributed by atoms with Crippen LogP contribution in [-0.4, -0.2) is 39.4 Å². The molecule has 3 N–H and O–H groups in total. The van der Waals surface area contributed by atoms with Crippen LogP contribution in [0.3, 0.4) is 0 Å². The highest BCUT2D eigenvalue weighted by Crippen LogP contribution is 2.19. The van der Waals surface area contributed by atoms with E-state index in [9.17, 15) is 4.79 Å². The Kier molecular flexibility index (Phi) is 3.63. The molecule has 1 amide bonds. The van der Waals surface area contributed by atoms with Crippen molar-refractivity contribution in [1.82, 2.24) is 20.1 Å². The van der Waals surface area contributed by atoms with Gasteiger partial charge in [0.25, 0.3) is 0 Å². The maximum Gasteiger partial charge on any atom is 0.240 e. The van der Waals surface area contributed by atoms with Crippen molar-refractivity contribution in [2.24, 2.45) is 12.8 Å². The van der Waals surface area contributed by atoms with E-state index in [4.69, 9.17) is 10.5 Å². The number of amides is 1. The number of aryl methyl sites for hydroxylation is 1. The van der Waals surface area contributed by atoms with Gasteiger partial charge < -0.3 is 20.4 Å². The van der Waals surface area contributed by atoms with E-state index < -0.39 is 5.54 Å². The van der Waals surface area contributed by atoms with Gasteiger partial charge >= 0.3 is 0 Å². The van der Waals surface area contributed by atoms with E-state index in [1.807, 2.05) is 14.0 Å². The summed E-state index contributed by atoms with van der Waals surface area (Å²) in [5, 5.41) is 10.7. The number of hydrogen-bond acceptors (Lipinski definition) is 5. The molecule has 1 aromatic rings. The normalized spacial score (nSPS) is 20.4. The van der Waals surface area contributed by atoms with Gasteiger partial charge in [0.2, 0.25) is 5.91 Å². The molecule has 0 aliphatic carbocycles. The van der Waals surface area contributed by atoms with Crippen LogP contribution < -0.4 is 11.1 Å². The third-order valence-corrected chi connectivity index (χ3v) is 3.32. The fourth-order valence-electron chi connectivity index (χ4n) is 2.05. The second-order valence-electron chi connectivity index (χ2n) is 4.76. The molecule has 2 rings (SSSR count). The van der Waals surface area contributed by atoms with Crippen molar-refractivity contribution in [3.63, 3.8) is 0 Å². The van der Waals surface area contributed by atoms with Crippen molar-refractivity contribution < 1.29 is 9.53 Å². The van der Waals surface area contributed by atoms with Crippen LogP contribution in [0.15, 0.2) is 6.33 Å². The fourth-order valence-corrected chi connectivity index (χ4v) is 2.05. The highest BCUT2D eigenvalue weighted by molar-refractivity contribution is 5.86.